The Bertz CT molecular complexity index is 499. The number of methoxy groups -OCH3 is 1. The van der Waals surface area contributed by atoms with Crippen LogP contribution < -0.4 is 9.47 Å². The van der Waals surface area contributed by atoms with Gasteiger partial charge in [-0.3, -0.25) is 10.1 Å². The highest BCUT2D eigenvalue weighted by Crippen LogP contribution is 2.36. The van der Waals surface area contributed by atoms with Crippen LogP contribution in [0.3, 0.4) is 0 Å². The van der Waals surface area contributed by atoms with Crippen LogP contribution in [-0.4, -0.2) is 31.2 Å². The number of benzene rings is 1. The Hall–Kier alpha value is -2.31. The first-order valence-corrected chi connectivity index (χ1v) is 5.30. The van der Waals surface area contributed by atoms with Crippen LogP contribution in [0.15, 0.2) is 12.1 Å². The number of rotatable bonds is 2. The van der Waals surface area contributed by atoms with Gasteiger partial charge in [0.05, 0.1) is 31.3 Å². The highest BCUT2D eigenvalue weighted by Gasteiger charge is 2.26. The smallest absolute Gasteiger partial charge is 0.345 e. The quantitative estimate of drug-likeness (QED) is 0.451. The molecule has 96 valence electrons. The lowest BCUT2D eigenvalue weighted by atomic mass is 10.1. The van der Waals surface area contributed by atoms with Gasteiger partial charge in [-0.25, -0.2) is 4.79 Å². The third-order valence-electron chi connectivity index (χ3n) is 2.47. The minimum absolute atomic E-state index is 0.147. The van der Waals surface area contributed by atoms with Crippen molar-refractivity contribution in [3.63, 3.8) is 0 Å². The Labute approximate surface area is 102 Å². The van der Waals surface area contributed by atoms with Gasteiger partial charge < -0.3 is 14.2 Å². The van der Waals surface area contributed by atoms with Crippen molar-refractivity contribution in [1.29, 1.82) is 0 Å². The average molecular weight is 253 g/mol. The summed E-state index contributed by atoms with van der Waals surface area (Å²) in [6.45, 7) is 0.854. The molecule has 0 amide bonds. The molecule has 18 heavy (non-hydrogen) atoms. The molecule has 0 N–H and O–H groups in total. The Morgan fingerprint density at radius 2 is 1.94 bits per heavy atom. The van der Waals surface area contributed by atoms with Gasteiger partial charge >= 0.3 is 5.97 Å². The second-order valence-corrected chi connectivity index (χ2v) is 3.62. The molecule has 0 radical (unpaired) electrons. The molecule has 7 heteroatoms. The monoisotopic (exact) mass is 253 g/mol. The molecule has 0 unspecified atom stereocenters. The fourth-order valence-electron chi connectivity index (χ4n) is 1.62. The number of carbonyl (C=O) groups is 1. The van der Waals surface area contributed by atoms with Gasteiger partial charge in [-0.05, 0) is 0 Å². The largest absolute Gasteiger partial charge is 0.490 e. The third-order valence-corrected chi connectivity index (χ3v) is 2.47. The average Bonchev–Trinajstić information content (AvgIpc) is 2.60. The van der Waals surface area contributed by atoms with Gasteiger partial charge in [-0.2, -0.15) is 0 Å². The SMILES string of the molecule is COC(=O)c1cc2c(cc1[N+](=O)[O-])OCCCO2. The predicted octanol–water partition coefficient (Wildman–Crippen LogP) is 1.54. The third kappa shape index (κ3) is 2.20. The summed E-state index contributed by atoms with van der Waals surface area (Å²) >= 11 is 0. The number of hydrogen-bond acceptors (Lipinski definition) is 6. The molecule has 0 aliphatic carbocycles. The Kier molecular flexibility index (Phi) is 3.31. The first kappa shape index (κ1) is 12.2. The van der Waals surface area contributed by atoms with Crippen LogP contribution in [0.2, 0.25) is 0 Å². The van der Waals surface area contributed by atoms with Crippen molar-refractivity contribution in [2.45, 2.75) is 6.42 Å². The topological polar surface area (TPSA) is 87.9 Å². The van der Waals surface area contributed by atoms with Crippen molar-refractivity contribution in [2.75, 3.05) is 20.3 Å². The van der Waals surface area contributed by atoms with Gasteiger partial charge in [0.2, 0.25) is 0 Å². The first-order valence-electron chi connectivity index (χ1n) is 5.30. The summed E-state index contributed by atoms with van der Waals surface area (Å²) in [4.78, 5) is 21.8. The fourth-order valence-corrected chi connectivity index (χ4v) is 1.62. The summed E-state index contributed by atoms with van der Waals surface area (Å²) in [5, 5.41) is 10.9. The summed E-state index contributed by atoms with van der Waals surface area (Å²) in [6, 6.07) is 2.47. The van der Waals surface area contributed by atoms with Crippen LogP contribution in [0.25, 0.3) is 0 Å². The number of nitrogens with zero attached hydrogens (tertiary/aromatic N) is 1. The van der Waals surface area contributed by atoms with E-state index < -0.39 is 10.9 Å². The normalized spacial score (nSPS) is 13.6. The minimum Gasteiger partial charge on any atom is -0.490 e. The van der Waals surface area contributed by atoms with Crippen LogP contribution >= 0.6 is 0 Å². The maximum Gasteiger partial charge on any atom is 0.345 e. The first-order chi connectivity index (χ1) is 8.63. The molecule has 0 fully saturated rings. The predicted molar refractivity (Wildman–Crippen MR) is 60.0 cm³/mol. The van der Waals surface area contributed by atoms with Crippen molar-refractivity contribution in [1.82, 2.24) is 0 Å². The lowest BCUT2D eigenvalue weighted by Gasteiger charge is -2.09. The van der Waals surface area contributed by atoms with E-state index in [4.69, 9.17) is 9.47 Å². The molecule has 1 heterocycles. The van der Waals surface area contributed by atoms with Crippen LogP contribution in [0.4, 0.5) is 5.69 Å². The maximum absolute atomic E-state index is 11.5. The van der Waals surface area contributed by atoms with Crippen LogP contribution in [0.5, 0.6) is 11.5 Å². The van der Waals surface area contributed by atoms with E-state index in [0.717, 1.165) is 7.11 Å². The number of nitro groups is 1. The van der Waals surface area contributed by atoms with Gasteiger partial charge in [0.1, 0.15) is 5.56 Å². The Balaban J connectivity index is 2.54. The van der Waals surface area contributed by atoms with E-state index in [1.165, 1.54) is 12.1 Å². The molecule has 0 bridgehead atoms. The summed E-state index contributed by atoms with van der Waals surface area (Å²) in [7, 11) is 1.16. The Morgan fingerprint density at radius 3 is 2.50 bits per heavy atom. The molecule has 1 aliphatic heterocycles. The zero-order chi connectivity index (χ0) is 13.1. The van der Waals surface area contributed by atoms with E-state index in [0.29, 0.717) is 25.4 Å². The second-order valence-electron chi connectivity index (χ2n) is 3.62. The zero-order valence-electron chi connectivity index (χ0n) is 9.67. The molecule has 0 spiro atoms. The Morgan fingerprint density at radius 1 is 1.33 bits per heavy atom. The van der Waals surface area contributed by atoms with Crippen molar-refractivity contribution in [2.24, 2.45) is 0 Å². The number of esters is 1. The summed E-state index contributed by atoms with van der Waals surface area (Å²) in [6.07, 6.45) is 0.677. The number of ether oxygens (including phenoxy) is 3. The van der Waals surface area contributed by atoms with E-state index in [1.807, 2.05) is 0 Å². The van der Waals surface area contributed by atoms with E-state index in [1.54, 1.807) is 0 Å². The molecule has 0 atom stereocenters. The van der Waals surface area contributed by atoms with Gasteiger partial charge in [-0.1, -0.05) is 0 Å². The standard InChI is InChI=1S/C11H11NO6/c1-16-11(13)7-5-9-10(6-8(7)12(14)15)18-4-2-3-17-9/h5-6H,2-4H2,1H3. The number of nitro benzene ring substituents is 1. The van der Waals surface area contributed by atoms with Crippen molar-refractivity contribution in [3.8, 4) is 11.5 Å². The number of fused-ring (bicyclic) bond motifs is 1. The second kappa shape index (κ2) is 4.91. The molecule has 1 aliphatic rings. The molecular weight excluding hydrogens is 242 g/mol. The van der Waals surface area contributed by atoms with E-state index in [-0.39, 0.29) is 17.0 Å². The molecule has 0 saturated heterocycles. The summed E-state index contributed by atoms with van der Waals surface area (Å²) < 4.78 is 15.2. The van der Waals surface area contributed by atoms with Gasteiger partial charge in [-0.15, -0.1) is 0 Å². The molecule has 7 nitrogen and oxygen atoms in total. The summed E-state index contributed by atoms with van der Waals surface area (Å²) in [5.74, 6) is -0.192. The lowest BCUT2D eigenvalue weighted by molar-refractivity contribution is -0.385. The molecule has 1 aromatic carbocycles. The molecule has 1 aromatic rings. The van der Waals surface area contributed by atoms with Crippen LogP contribution in [0, 0.1) is 10.1 Å². The lowest BCUT2D eigenvalue weighted by Crippen LogP contribution is -2.07. The molecule has 0 saturated carbocycles. The van der Waals surface area contributed by atoms with Gasteiger partial charge in [0.25, 0.3) is 5.69 Å². The highest BCUT2D eigenvalue weighted by molar-refractivity contribution is 5.95. The van der Waals surface area contributed by atoms with Crippen molar-refractivity contribution >= 4 is 11.7 Å². The minimum atomic E-state index is -0.780. The highest BCUT2D eigenvalue weighted by atomic mass is 16.6. The van der Waals surface area contributed by atoms with Gasteiger partial charge in [0, 0.05) is 12.5 Å². The molecule has 2 rings (SSSR count). The van der Waals surface area contributed by atoms with E-state index in [2.05, 4.69) is 4.74 Å². The van der Waals surface area contributed by atoms with Crippen molar-refractivity contribution in [3.05, 3.63) is 27.8 Å². The van der Waals surface area contributed by atoms with Gasteiger partial charge in [0.15, 0.2) is 11.5 Å². The number of hydrogen-bond donors (Lipinski definition) is 0. The van der Waals surface area contributed by atoms with Crippen LogP contribution in [0.1, 0.15) is 16.8 Å². The van der Waals surface area contributed by atoms with E-state index >= 15 is 0 Å². The number of carbonyl (C=O) groups excluding carboxylic acids is 1. The van der Waals surface area contributed by atoms with Crippen molar-refractivity contribution < 1.29 is 23.9 Å². The molecule has 0 aromatic heterocycles. The summed E-state index contributed by atoms with van der Waals surface area (Å²) in [5.41, 5.74) is -0.502. The maximum atomic E-state index is 11.5. The molecular formula is C11H11NO6. The zero-order valence-corrected chi connectivity index (χ0v) is 9.67. The van der Waals surface area contributed by atoms with Crippen LogP contribution in [-0.2, 0) is 4.74 Å². The van der Waals surface area contributed by atoms with E-state index in [9.17, 15) is 14.9 Å². The fraction of sp³-hybridized carbons (Fsp3) is 0.364.